The SMILES string of the molecule is F.F.F.Fc1c([S])cccc1Br. The van der Waals surface area contributed by atoms with E-state index in [2.05, 4.69) is 28.6 Å². The van der Waals surface area contributed by atoms with Gasteiger partial charge in [0.2, 0.25) is 0 Å². The van der Waals surface area contributed by atoms with Crippen LogP contribution >= 0.6 is 28.6 Å². The molecule has 0 amide bonds. The highest BCUT2D eigenvalue weighted by molar-refractivity contribution is 9.10. The van der Waals surface area contributed by atoms with Gasteiger partial charge in [-0.15, -0.1) is 0 Å². The third-order valence-electron chi connectivity index (χ3n) is 0.916. The van der Waals surface area contributed by atoms with Crippen molar-refractivity contribution in [2.75, 3.05) is 0 Å². The van der Waals surface area contributed by atoms with Gasteiger partial charge >= 0.3 is 0 Å². The second-order valence-electron chi connectivity index (χ2n) is 1.55. The van der Waals surface area contributed by atoms with E-state index >= 15 is 0 Å². The zero-order valence-electron chi connectivity index (χ0n) is 5.62. The molecule has 0 aliphatic heterocycles. The molecule has 6 heteroatoms. The third-order valence-corrected chi connectivity index (χ3v) is 1.84. The summed E-state index contributed by atoms with van der Waals surface area (Å²) >= 11 is 7.64. The molecule has 0 N–H and O–H groups in total. The van der Waals surface area contributed by atoms with E-state index in [0.29, 0.717) is 4.47 Å². The second-order valence-corrected chi connectivity index (χ2v) is 2.85. The maximum atomic E-state index is 12.6. The summed E-state index contributed by atoms with van der Waals surface area (Å²) in [6.07, 6.45) is 0. The fourth-order valence-corrected chi connectivity index (χ4v) is 1.17. The lowest BCUT2D eigenvalue weighted by molar-refractivity contribution is 0.596. The molecule has 12 heavy (non-hydrogen) atoms. The monoisotopic (exact) mass is 265 g/mol. The maximum absolute atomic E-state index is 12.6. The lowest BCUT2D eigenvalue weighted by Crippen LogP contribution is -1.76. The molecule has 1 aromatic carbocycles. The number of rotatable bonds is 0. The lowest BCUT2D eigenvalue weighted by atomic mass is 10.3. The summed E-state index contributed by atoms with van der Waals surface area (Å²) in [6, 6.07) is 4.87. The van der Waals surface area contributed by atoms with E-state index in [1.54, 1.807) is 18.2 Å². The average Bonchev–Trinajstić information content (AvgIpc) is 1.83. The molecular weight excluding hydrogens is 260 g/mol. The first kappa shape index (κ1) is 17.7. The minimum absolute atomic E-state index is 0. The normalized spacial score (nSPS) is 7.17. The van der Waals surface area contributed by atoms with Crippen molar-refractivity contribution in [1.82, 2.24) is 0 Å². The van der Waals surface area contributed by atoms with Crippen LogP contribution in [-0.4, -0.2) is 0 Å². The van der Waals surface area contributed by atoms with Crippen LogP contribution in [-0.2, 0) is 0 Å². The van der Waals surface area contributed by atoms with E-state index in [1.807, 2.05) is 0 Å². The number of benzene rings is 1. The molecule has 71 valence electrons. The summed E-state index contributed by atoms with van der Waals surface area (Å²) in [5, 5.41) is 0. The van der Waals surface area contributed by atoms with Gasteiger partial charge in [0.1, 0.15) is 0 Å². The highest BCUT2D eigenvalue weighted by atomic mass is 79.9. The molecular formula is C6H6BrF4S. The van der Waals surface area contributed by atoms with E-state index in [0.717, 1.165) is 0 Å². The molecule has 0 heterocycles. The first-order valence-corrected chi connectivity index (χ1v) is 3.53. The number of halogens is 5. The number of hydrogen-bond donors (Lipinski definition) is 0. The van der Waals surface area contributed by atoms with Crippen LogP contribution in [0.2, 0.25) is 0 Å². The van der Waals surface area contributed by atoms with Crippen LogP contribution in [0.3, 0.4) is 0 Å². The standard InChI is InChI=1S/C6H3BrFS.3FH/c7-4-2-1-3-5(9)6(4)8;;;/h1-3H;3*1H. The van der Waals surface area contributed by atoms with Crippen LogP contribution in [0.1, 0.15) is 0 Å². The molecule has 0 spiro atoms. The zero-order chi connectivity index (χ0) is 6.85. The van der Waals surface area contributed by atoms with Crippen LogP contribution in [0.25, 0.3) is 0 Å². The highest BCUT2D eigenvalue weighted by Gasteiger charge is 2.00. The molecule has 0 aliphatic carbocycles. The van der Waals surface area contributed by atoms with Crippen LogP contribution in [0.5, 0.6) is 0 Å². The van der Waals surface area contributed by atoms with Gasteiger partial charge < -0.3 is 0 Å². The van der Waals surface area contributed by atoms with Gasteiger partial charge in [0, 0.05) is 0 Å². The van der Waals surface area contributed by atoms with Crippen molar-refractivity contribution in [3.05, 3.63) is 28.5 Å². The quantitative estimate of drug-likeness (QED) is 0.629. The Morgan fingerprint density at radius 3 is 2.00 bits per heavy atom. The fraction of sp³-hybridized carbons (Fsp3) is 0. The molecule has 0 aromatic heterocycles. The van der Waals surface area contributed by atoms with Crippen molar-refractivity contribution in [2.24, 2.45) is 0 Å². The first-order chi connectivity index (χ1) is 4.22. The molecule has 0 saturated carbocycles. The van der Waals surface area contributed by atoms with Gasteiger partial charge in [-0.2, -0.15) is 0 Å². The van der Waals surface area contributed by atoms with Crippen molar-refractivity contribution in [3.63, 3.8) is 0 Å². The van der Waals surface area contributed by atoms with Crippen molar-refractivity contribution in [1.29, 1.82) is 0 Å². The zero-order valence-corrected chi connectivity index (χ0v) is 8.02. The summed E-state index contributed by atoms with van der Waals surface area (Å²) in [5.41, 5.74) is 0. The minimum Gasteiger partial charge on any atom is -0.269 e. The van der Waals surface area contributed by atoms with Crippen LogP contribution < -0.4 is 0 Å². The van der Waals surface area contributed by atoms with Crippen molar-refractivity contribution < 1.29 is 18.5 Å². The molecule has 1 radical (unpaired) electrons. The highest BCUT2D eigenvalue weighted by Crippen LogP contribution is 2.20. The predicted molar refractivity (Wildman–Crippen MR) is 47.5 cm³/mol. The largest absolute Gasteiger partial charge is 0.269 e. The summed E-state index contributed by atoms with van der Waals surface area (Å²) < 4.78 is 13.0. The predicted octanol–water partition coefficient (Wildman–Crippen LogP) is 3.60. The molecule has 1 rings (SSSR count). The summed E-state index contributed by atoms with van der Waals surface area (Å²) in [7, 11) is 0. The minimum atomic E-state index is -0.354. The molecule has 0 fully saturated rings. The molecule has 0 bridgehead atoms. The van der Waals surface area contributed by atoms with Crippen LogP contribution in [0.15, 0.2) is 27.6 Å². The summed E-state index contributed by atoms with van der Waals surface area (Å²) in [5.74, 6) is -0.354. The van der Waals surface area contributed by atoms with Gasteiger partial charge in [0.05, 0.1) is 9.37 Å². The molecule has 0 atom stereocenters. The van der Waals surface area contributed by atoms with Crippen LogP contribution in [0.4, 0.5) is 18.5 Å². The Hall–Kier alpha value is -0.360. The maximum Gasteiger partial charge on any atom is 0.155 e. The summed E-state index contributed by atoms with van der Waals surface area (Å²) in [4.78, 5) is 0.254. The Balaban J connectivity index is -0.000000270. The molecule has 0 saturated heterocycles. The van der Waals surface area contributed by atoms with Crippen molar-refractivity contribution in [3.8, 4) is 0 Å². The number of hydrogen-bond acceptors (Lipinski definition) is 0. The molecule has 0 aliphatic rings. The Morgan fingerprint density at radius 2 is 1.67 bits per heavy atom. The smallest absolute Gasteiger partial charge is 0.155 e. The molecule has 0 unspecified atom stereocenters. The van der Waals surface area contributed by atoms with Crippen molar-refractivity contribution >= 4 is 28.6 Å². The second kappa shape index (κ2) is 7.30. The van der Waals surface area contributed by atoms with Gasteiger partial charge in [-0.05, 0) is 28.1 Å². The van der Waals surface area contributed by atoms with Gasteiger partial charge in [0.25, 0.3) is 0 Å². The Labute approximate surface area is 80.8 Å². The van der Waals surface area contributed by atoms with Crippen molar-refractivity contribution in [2.45, 2.75) is 4.90 Å². The summed E-state index contributed by atoms with van der Waals surface area (Å²) in [6.45, 7) is 0. The van der Waals surface area contributed by atoms with Gasteiger partial charge in [-0.3, -0.25) is 14.1 Å². The molecule has 1 aromatic rings. The van der Waals surface area contributed by atoms with E-state index in [4.69, 9.17) is 0 Å². The Morgan fingerprint density at radius 1 is 1.17 bits per heavy atom. The fourth-order valence-electron chi connectivity index (χ4n) is 0.484. The van der Waals surface area contributed by atoms with Crippen LogP contribution in [0, 0.1) is 5.82 Å². The lowest BCUT2D eigenvalue weighted by Gasteiger charge is -1.93. The Kier molecular flexibility index (Phi) is 10.7. The third kappa shape index (κ3) is 3.87. The van der Waals surface area contributed by atoms with E-state index in [-0.39, 0.29) is 24.8 Å². The van der Waals surface area contributed by atoms with E-state index in [1.165, 1.54) is 0 Å². The molecule has 0 nitrogen and oxygen atoms in total. The van der Waals surface area contributed by atoms with Gasteiger partial charge in [-0.25, -0.2) is 4.39 Å². The van der Waals surface area contributed by atoms with E-state index in [9.17, 15) is 4.39 Å². The average molecular weight is 266 g/mol. The Bertz CT molecular complexity index is 211. The van der Waals surface area contributed by atoms with E-state index < -0.39 is 0 Å². The first-order valence-electron chi connectivity index (χ1n) is 2.33. The van der Waals surface area contributed by atoms with Gasteiger partial charge in [-0.1, -0.05) is 18.7 Å². The van der Waals surface area contributed by atoms with Gasteiger partial charge in [0.15, 0.2) is 5.82 Å². The topological polar surface area (TPSA) is 0 Å².